The van der Waals surface area contributed by atoms with Crippen molar-refractivity contribution in [3.63, 3.8) is 0 Å². The standard InChI is InChI=1S/C25H32N6O3/c1-5-8-12-29(7-3)22(32)15-31-19-11-10-17(4)13-18(19)23-24(31)25(33)30(16-26-23)14-21-27-20(9-6-2)28-34-21/h10-11,13,16H,5-9,12,14-15H2,1-4H3. The molecule has 0 aliphatic rings. The van der Waals surface area contributed by atoms with E-state index in [2.05, 4.69) is 22.0 Å². The van der Waals surface area contributed by atoms with E-state index in [1.807, 2.05) is 48.4 Å². The van der Waals surface area contributed by atoms with Gasteiger partial charge in [-0.05, 0) is 38.8 Å². The fourth-order valence-electron chi connectivity index (χ4n) is 4.26. The second kappa shape index (κ2) is 10.2. The Balaban J connectivity index is 1.79. The molecular formula is C25H32N6O3. The van der Waals surface area contributed by atoms with E-state index >= 15 is 0 Å². The van der Waals surface area contributed by atoms with Crippen LogP contribution >= 0.6 is 0 Å². The zero-order chi connectivity index (χ0) is 24.2. The lowest BCUT2D eigenvalue weighted by molar-refractivity contribution is -0.131. The number of amides is 1. The molecule has 0 saturated heterocycles. The van der Waals surface area contributed by atoms with E-state index in [9.17, 15) is 9.59 Å². The average molecular weight is 465 g/mol. The summed E-state index contributed by atoms with van der Waals surface area (Å²) in [5, 5.41) is 4.84. The molecule has 0 bridgehead atoms. The minimum Gasteiger partial charge on any atom is -0.341 e. The third kappa shape index (κ3) is 4.60. The first kappa shape index (κ1) is 23.7. The Morgan fingerprint density at radius 3 is 2.74 bits per heavy atom. The lowest BCUT2D eigenvalue weighted by atomic mass is 10.1. The molecule has 34 heavy (non-hydrogen) atoms. The van der Waals surface area contributed by atoms with E-state index < -0.39 is 0 Å². The first-order valence-corrected chi connectivity index (χ1v) is 12.0. The summed E-state index contributed by atoms with van der Waals surface area (Å²) >= 11 is 0. The number of hydrogen-bond donors (Lipinski definition) is 0. The molecule has 0 N–H and O–H groups in total. The topological polar surface area (TPSA) is 99.1 Å². The number of likely N-dealkylation sites (N-methyl/N-ethyl adjacent to an activating group) is 1. The van der Waals surface area contributed by atoms with Gasteiger partial charge in [0.1, 0.15) is 24.1 Å². The van der Waals surface area contributed by atoms with Crippen molar-refractivity contribution in [3.8, 4) is 0 Å². The highest BCUT2D eigenvalue weighted by Crippen LogP contribution is 2.26. The average Bonchev–Trinajstić information content (AvgIpc) is 3.39. The summed E-state index contributed by atoms with van der Waals surface area (Å²) in [6.07, 6.45) is 5.11. The van der Waals surface area contributed by atoms with Crippen LogP contribution in [-0.4, -0.2) is 48.2 Å². The zero-order valence-electron chi connectivity index (χ0n) is 20.4. The van der Waals surface area contributed by atoms with Gasteiger partial charge in [-0.3, -0.25) is 14.2 Å². The van der Waals surface area contributed by atoms with Gasteiger partial charge in [0.05, 0.1) is 11.8 Å². The minimum atomic E-state index is -0.237. The Labute approximate surface area is 198 Å². The lowest BCUT2D eigenvalue weighted by Crippen LogP contribution is -2.35. The van der Waals surface area contributed by atoms with Gasteiger partial charge in [-0.15, -0.1) is 0 Å². The number of aromatic nitrogens is 5. The second-order valence-electron chi connectivity index (χ2n) is 8.66. The molecule has 0 radical (unpaired) electrons. The normalized spacial score (nSPS) is 11.5. The van der Waals surface area contributed by atoms with E-state index in [1.165, 1.54) is 10.9 Å². The number of aryl methyl sites for hydroxylation is 2. The molecule has 1 amide bonds. The van der Waals surface area contributed by atoms with Gasteiger partial charge in [-0.2, -0.15) is 4.98 Å². The third-order valence-electron chi connectivity index (χ3n) is 6.08. The van der Waals surface area contributed by atoms with Crippen LogP contribution in [0.5, 0.6) is 0 Å². The quantitative estimate of drug-likeness (QED) is 0.355. The molecule has 3 heterocycles. The van der Waals surface area contributed by atoms with Crippen molar-refractivity contribution < 1.29 is 9.32 Å². The number of fused-ring (bicyclic) bond motifs is 3. The van der Waals surface area contributed by atoms with Gasteiger partial charge in [-0.1, -0.05) is 37.1 Å². The van der Waals surface area contributed by atoms with E-state index in [0.717, 1.165) is 42.1 Å². The van der Waals surface area contributed by atoms with Crippen LogP contribution in [0.3, 0.4) is 0 Å². The predicted octanol–water partition coefficient (Wildman–Crippen LogP) is 3.69. The van der Waals surface area contributed by atoms with Gasteiger partial charge in [-0.25, -0.2) is 4.98 Å². The summed E-state index contributed by atoms with van der Waals surface area (Å²) in [6.45, 7) is 9.69. The molecule has 0 aliphatic carbocycles. The van der Waals surface area contributed by atoms with E-state index in [-0.39, 0.29) is 24.6 Å². The van der Waals surface area contributed by atoms with E-state index in [4.69, 9.17) is 4.52 Å². The monoisotopic (exact) mass is 464 g/mol. The molecule has 9 heteroatoms. The Kier molecular flexibility index (Phi) is 7.09. The number of unbranched alkanes of at least 4 members (excludes halogenated alkanes) is 1. The van der Waals surface area contributed by atoms with Gasteiger partial charge in [0, 0.05) is 24.9 Å². The number of hydrogen-bond acceptors (Lipinski definition) is 6. The van der Waals surface area contributed by atoms with Crippen molar-refractivity contribution in [2.45, 2.75) is 66.5 Å². The molecule has 0 spiro atoms. The number of rotatable bonds is 10. The molecule has 0 unspecified atom stereocenters. The number of nitrogens with zero attached hydrogens (tertiary/aromatic N) is 6. The second-order valence-corrected chi connectivity index (χ2v) is 8.66. The van der Waals surface area contributed by atoms with Crippen molar-refractivity contribution in [1.82, 2.24) is 29.2 Å². The molecular weight excluding hydrogens is 432 g/mol. The van der Waals surface area contributed by atoms with Gasteiger partial charge in [0.2, 0.25) is 11.8 Å². The molecule has 180 valence electrons. The van der Waals surface area contributed by atoms with Crippen LogP contribution in [0.1, 0.15) is 57.3 Å². The molecule has 4 aromatic rings. The fraction of sp³-hybridized carbons (Fsp3) is 0.480. The Morgan fingerprint density at radius 2 is 2.00 bits per heavy atom. The molecule has 0 atom stereocenters. The zero-order valence-corrected chi connectivity index (χ0v) is 20.4. The number of carbonyl (C=O) groups is 1. The molecule has 4 rings (SSSR count). The highest BCUT2D eigenvalue weighted by Gasteiger charge is 2.21. The van der Waals surface area contributed by atoms with Gasteiger partial charge < -0.3 is 14.0 Å². The maximum absolute atomic E-state index is 13.6. The van der Waals surface area contributed by atoms with Crippen LogP contribution in [0.15, 0.2) is 33.8 Å². The maximum Gasteiger partial charge on any atom is 0.278 e. The minimum absolute atomic E-state index is 0.00811. The van der Waals surface area contributed by atoms with Crippen molar-refractivity contribution in [2.24, 2.45) is 0 Å². The SMILES string of the molecule is CCCCN(CC)C(=O)Cn1c2ccc(C)cc2c2ncn(Cc3nc(CCC)no3)c(=O)c21. The summed E-state index contributed by atoms with van der Waals surface area (Å²) in [7, 11) is 0. The molecule has 0 saturated carbocycles. The van der Waals surface area contributed by atoms with E-state index in [1.54, 1.807) is 0 Å². The lowest BCUT2D eigenvalue weighted by Gasteiger charge is -2.21. The van der Waals surface area contributed by atoms with Crippen molar-refractivity contribution in [1.29, 1.82) is 0 Å². The van der Waals surface area contributed by atoms with Crippen molar-refractivity contribution in [2.75, 3.05) is 13.1 Å². The van der Waals surface area contributed by atoms with E-state index in [0.29, 0.717) is 35.8 Å². The van der Waals surface area contributed by atoms with Crippen molar-refractivity contribution >= 4 is 27.8 Å². The number of benzene rings is 1. The Bertz CT molecular complexity index is 1370. The Morgan fingerprint density at radius 1 is 1.18 bits per heavy atom. The van der Waals surface area contributed by atoms with Crippen LogP contribution in [0, 0.1) is 6.92 Å². The number of carbonyl (C=O) groups excluding carboxylic acids is 1. The summed E-state index contributed by atoms with van der Waals surface area (Å²) < 4.78 is 8.60. The summed E-state index contributed by atoms with van der Waals surface area (Å²) in [6, 6.07) is 5.96. The molecule has 1 aromatic carbocycles. The summed E-state index contributed by atoms with van der Waals surface area (Å²) in [5.74, 6) is 0.978. The predicted molar refractivity (Wildman–Crippen MR) is 131 cm³/mol. The van der Waals surface area contributed by atoms with Gasteiger partial charge in [0.25, 0.3) is 5.56 Å². The van der Waals surface area contributed by atoms with Crippen LogP contribution < -0.4 is 5.56 Å². The highest BCUT2D eigenvalue weighted by molar-refractivity contribution is 6.06. The maximum atomic E-state index is 13.6. The van der Waals surface area contributed by atoms with Crippen LogP contribution in [0.2, 0.25) is 0 Å². The smallest absolute Gasteiger partial charge is 0.278 e. The van der Waals surface area contributed by atoms with Crippen LogP contribution in [0.4, 0.5) is 0 Å². The van der Waals surface area contributed by atoms with Crippen LogP contribution in [-0.2, 0) is 24.3 Å². The molecule has 0 aliphatic heterocycles. The Hall–Kier alpha value is -3.49. The highest BCUT2D eigenvalue weighted by atomic mass is 16.5. The molecule has 3 aromatic heterocycles. The first-order valence-electron chi connectivity index (χ1n) is 12.0. The fourth-order valence-corrected chi connectivity index (χ4v) is 4.26. The first-order chi connectivity index (χ1) is 16.5. The van der Waals surface area contributed by atoms with Gasteiger partial charge in [0.15, 0.2) is 5.82 Å². The largest absolute Gasteiger partial charge is 0.341 e. The van der Waals surface area contributed by atoms with Crippen LogP contribution in [0.25, 0.3) is 21.9 Å². The molecule has 9 nitrogen and oxygen atoms in total. The molecule has 0 fully saturated rings. The summed E-state index contributed by atoms with van der Waals surface area (Å²) in [5.41, 5.74) is 2.67. The summed E-state index contributed by atoms with van der Waals surface area (Å²) in [4.78, 5) is 37.7. The third-order valence-corrected chi connectivity index (χ3v) is 6.08. The van der Waals surface area contributed by atoms with Crippen molar-refractivity contribution in [3.05, 3.63) is 52.2 Å². The van der Waals surface area contributed by atoms with Gasteiger partial charge >= 0.3 is 0 Å².